The van der Waals surface area contributed by atoms with Gasteiger partial charge in [-0.2, -0.15) is 0 Å². The molecule has 0 bridgehead atoms. The average Bonchev–Trinajstić information content (AvgIpc) is 2.16. The van der Waals surface area contributed by atoms with E-state index in [0.29, 0.717) is 24.6 Å². The van der Waals surface area contributed by atoms with E-state index >= 15 is 0 Å². The Morgan fingerprint density at radius 3 is 2.86 bits per heavy atom. The van der Waals surface area contributed by atoms with E-state index in [0.717, 1.165) is 0 Å². The Balaban J connectivity index is 2.35. The molecule has 0 saturated carbocycles. The number of carbonyl (C=O) groups is 1. The number of rotatable bonds is 4. The van der Waals surface area contributed by atoms with E-state index in [4.69, 9.17) is 0 Å². The lowest BCUT2D eigenvalue weighted by molar-refractivity contribution is -0.120. The topological polar surface area (TPSA) is 54.9 Å². The van der Waals surface area contributed by atoms with Gasteiger partial charge in [-0.05, 0) is 5.92 Å². The molecule has 0 aliphatic carbocycles. The van der Waals surface area contributed by atoms with Crippen LogP contribution in [0.15, 0.2) is 18.6 Å². The summed E-state index contributed by atoms with van der Waals surface area (Å²) in [6.07, 6.45) is 5.09. The van der Waals surface area contributed by atoms with Crippen LogP contribution in [0.4, 0.5) is 0 Å². The van der Waals surface area contributed by atoms with Gasteiger partial charge in [0.05, 0.1) is 12.1 Å². The smallest absolute Gasteiger partial charge is 0.226 e. The summed E-state index contributed by atoms with van der Waals surface area (Å²) < 4.78 is 0. The maximum atomic E-state index is 11.3. The Kier molecular flexibility index (Phi) is 4.04. The molecule has 0 atom stereocenters. The summed E-state index contributed by atoms with van der Waals surface area (Å²) >= 11 is 0. The molecule has 1 heterocycles. The highest BCUT2D eigenvalue weighted by Gasteiger charge is 2.04. The second kappa shape index (κ2) is 5.32. The first-order valence-corrected chi connectivity index (χ1v) is 4.70. The fraction of sp³-hybridized carbons (Fsp3) is 0.500. The van der Waals surface area contributed by atoms with Crippen LogP contribution >= 0.6 is 0 Å². The Morgan fingerprint density at radius 1 is 1.50 bits per heavy atom. The summed E-state index contributed by atoms with van der Waals surface area (Å²) in [6.45, 7) is 4.82. The zero-order valence-corrected chi connectivity index (χ0v) is 8.53. The first-order valence-electron chi connectivity index (χ1n) is 4.70. The van der Waals surface area contributed by atoms with Crippen molar-refractivity contribution in [3.05, 3.63) is 24.3 Å². The largest absolute Gasteiger partial charge is 0.356 e. The maximum Gasteiger partial charge on any atom is 0.226 e. The zero-order chi connectivity index (χ0) is 10.4. The Morgan fingerprint density at radius 2 is 2.29 bits per heavy atom. The van der Waals surface area contributed by atoms with Gasteiger partial charge in [-0.1, -0.05) is 13.8 Å². The van der Waals surface area contributed by atoms with E-state index in [1.54, 1.807) is 18.6 Å². The van der Waals surface area contributed by atoms with Gasteiger partial charge in [-0.25, -0.2) is 0 Å². The summed E-state index contributed by atoms with van der Waals surface area (Å²) in [4.78, 5) is 19.3. The molecule has 1 rings (SSSR count). The SMILES string of the molecule is CC(C)CNC(=O)Cc1cnccn1. The van der Waals surface area contributed by atoms with Crippen LogP contribution in [0.25, 0.3) is 0 Å². The minimum Gasteiger partial charge on any atom is -0.356 e. The van der Waals surface area contributed by atoms with Gasteiger partial charge in [0.15, 0.2) is 0 Å². The Bertz CT molecular complexity index is 285. The van der Waals surface area contributed by atoms with E-state index in [2.05, 4.69) is 29.1 Å². The average molecular weight is 193 g/mol. The van der Waals surface area contributed by atoms with Gasteiger partial charge < -0.3 is 5.32 Å². The fourth-order valence-corrected chi connectivity index (χ4v) is 0.966. The van der Waals surface area contributed by atoms with Gasteiger partial charge in [0.2, 0.25) is 5.91 Å². The molecule has 1 aromatic rings. The molecule has 0 spiro atoms. The third-order valence-electron chi connectivity index (χ3n) is 1.67. The van der Waals surface area contributed by atoms with Crippen LogP contribution in [0.5, 0.6) is 0 Å². The molecule has 0 unspecified atom stereocenters. The lowest BCUT2D eigenvalue weighted by Crippen LogP contribution is -2.28. The van der Waals surface area contributed by atoms with Crippen LogP contribution in [-0.4, -0.2) is 22.4 Å². The van der Waals surface area contributed by atoms with Crippen molar-refractivity contribution in [1.82, 2.24) is 15.3 Å². The quantitative estimate of drug-likeness (QED) is 0.769. The number of hydrogen-bond acceptors (Lipinski definition) is 3. The number of nitrogens with zero attached hydrogens (tertiary/aromatic N) is 2. The lowest BCUT2D eigenvalue weighted by atomic mass is 10.2. The molecule has 76 valence electrons. The van der Waals surface area contributed by atoms with Crippen molar-refractivity contribution in [2.75, 3.05) is 6.54 Å². The lowest BCUT2D eigenvalue weighted by Gasteiger charge is -2.06. The molecular formula is C10H15N3O. The summed E-state index contributed by atoms with van der Waals surface area (Å²) in [6, 6.07) is 0. The first-order chi connectivity index (χ1) is 6.68. The second-order valence-corrected chi connectivity index (χ2v) is 3.57. The van der Waals surface area contributed by atoms with Crippen molar-refractivity contribution >= 4 is 5.91 Å². The number of nitrogens with one attached hydrogen (secondary N) is 1. The van der Waals surface area contributed by atoms with Gasteiger partial charge in [0.25, 0.3) is 0 Å². The molecule has 0 aliphatic heterocycles. The summed E-state index contributed by atoms with van der Waals surface area (Å²) in [7, 11) is 0. The van der Waals surface area contributed by atoms with Crippen LogP contribution in [0.1, 0.15) is 19.5 Å². The minimum atomic E-state index is -0.000741. The van der Waals surface area contributed by atoms with Crippen LogP contribution in [0, 0.1) is 5.92 Å². The van der Waals surface area contributed by atoms with Crippen molar-refractivity contribution in [2.24, 2.45) is 5.92 Å². The Hall–Kier alpha value is -1.45. The van der Waals surface area contributed by atoms with E-state index in [1.165, 1.54) is 0 Å². The van der Waals surface area contributed by atoms with Crippen LogP contribution in [-0.2, 0) is 11.2 Å². The summed E-state index contributed by atoms with van der Waals surface area (Å²) in [5.74, 6) is 0.472. The summed E-state index contributed by atoms with van der Waals surface area (Å²) in [5.41, 5.74) is 0.703. The second-order valence-electron chi connectivity index (χ2n) is 3.57. The molecule has 1 amide bonds. The molecule has 14 heavy (non-hydrogen) atoms. The highest BCUT2D eigenvalue weighted by Crippen LogP contribution is 1.93. The van der Waals surface area contributed by atoms with Crippen molar-refractivity contribution in [3.63, 3.8) is 0 Å². The third kappa shape index (κ3) is 3.98. The highest BCUT2D eigenvalue weighted by molar-refractivity contribution is 5.77. The van der Waals surface area contributed by atoms with Crippen LogP contribution in [0.2, 0.25) is 0 Å². The molecule has 1 aromatic heterocycles. The van der Waals surface area contributed by atoms with Gasteiger partial charge in [-0.3, -0.25) is 14.8 Å². The molecule has 4 nitrogen and oxygen atoms in total. The monoisotopic (exact) mass is 193 g/mol. The molecule has 0 saturated heterocycles. The van der Waals surface area contributed by atoms with Gasteiger partial charge in [0.1, 0.15) is 0 Å². The van der Waals surface area contributed by atoms with Gasteiger partial charge in [-0.15, -0.1) is 0 Å². The molecule has 1 N–H and O–H groups in total. The van der Waals surface area contributed by atoms with Crippen LogP contribution < -0.4 is 5.32 Å². The molecule has 4 heteroatoms. The summed E-state index contributed by atoms with van der Waals surface area (Å²) in [5, 5.41) is 2.82. The Labute approximate surface area is 83.8 Å². The third-order valence-corrected chi connectivity index (χ3v) is 1.67. The number of carbonyl (C=O) groups excluding carboxylic acids is 1. The predicted molar refractivity (Wildman–Crippen MR) is 53.6 cm³/mol. The molecule has 0 aliphatic rings. The number of hydrogen-bond donors (Lipinski definition) is 1. The van der Waals surface area contributed by atoms with E-state index in [-0.39, 0.29) is 5.91 Å². The number of aromatic nitrogens is 2. The van der Waals surface area contributed by atoms with Crippen LogP contribution in [0.3, 0.4) is 0 Å². The van der Waals surface area contributed by atoms with E-state index in [9.17, 15) is 4.79 Å². The van der Waals surface area contributed by atoms with Gasteiger partial charge >= 0.3 is 0 Å². The molecular weight excluding hydrogens is 178 g/mol. The highest BCUT2D eigenvalue weighted by atomic mass is 16.1. The maximum absolute atomic E-state index is 11.3. The van der Waals surface area contributed by atoms with Crippen molar-refractivity contribution in [1.29, 1.82) is 0 Å². The molecule has 0 radical (unpaired) electrons. The fourth-order valence-electron chi connectivity index (χ4n) is 0.966. The minimum absolute atomic E-state index is 0.000741. The zero-order valence-electron chi connectivity index (χ0n) is 8.53. The predicted octanol–water partition coefficient (Wildman–Crippen LogP) is 0.791. The van der Waals surface area contributed by atoms with Crippen molar-refractivity contribution < 1.29 is 4.79 Å². The van der Waals surface area contributed by atoms with Crippen molar-refractivity contribution in [3.8, 4) is 0 Å². The molecule has 0 fully saturated rings. The number of amides is 1. The van der Waals surface area contributed by atoms with Crippen molar-refractivity contribution in [2.45, 2.75) is 20.3 Å². The van der Waals surface area contributed by atoms with Gasteiger partial charge in [0, 0.05) is 25.1 Å². The van der Waals surface area contributed by atoms with E-state index in [1.807, 2.05) is 0 Å². The van der Waals surface area contributed by atoms with E-state index < -0.39 is 0 Å². The normalized spacial score (nSPS) is 10.2. The molecule has 0 aromatic carbocycles. The standard InChI is InChI=1S/C10H15N3O/c1-8(2)6-13-10(14)5-9-7-11-3-4-12-9/h3-4,7-8H,5-6H2,1-2H3,(H,13,14). The first kappa shape index (κ1) is 10.6.